The molecule has 0 saturated heterocycles. The Morgan fingerprint density at radius 2 is 1.00 bits per heavy atom. The molecule has 4 nitrogen and oxygen atoms in total. The van der Waals surface area contributed by atoms with E-state index < -0.39 is 0 Å². The van der Waals surface area contributed by atoms with Crippen LogP contribution in [-0.2, 0) is 0 Å². The fourth-order valence-electron chi connectivity index (χ4n) is 7.54. The molecular weight excluding hydrogens is 574 g/mol. The highest BCUT2D eigenvalue weighted by molar-refractivity contribution is 6.21. The number of hydrogen-bond donors (Lipinski definition) is 0. The highest BCUT2D eigenvalue weighted by Gasteiger charge is 2.21. The van der Waals surface area contributed by atoms with Crippen molar-refractivity contribution < 1.29 is 4.42 Å². The highest BCUT2D eigenvalue weighted by Crippen LogP contribution is 2.42. The Hall–Kier alpha value is -6.57. The smallest absolute Gasteiger partial charge is 0.160 e. The zero-order valence-electron chi connectivity index (χ0n) is 25.2. The van der Waals surface area contributed by atoms with Gasteiger partial charge in [0.2, 0.25) is 0 Å². The van der Waals surface area contributed by atoms with Crippen molar-refractivity contribution in [2.24, 2.45) is 0 Å². The van der Waals surface area contributed by atoms with Crippen molar-refractivity contribution in [3.8, 4) is 28.6 Å². The zero-order valence-corrected chi connectivity index (χ0v) is 25.2. The number of benzene rings is 7. The Kier molecular flexibility index (Phi) is 5.32. The van der Waals surface area contributed by atoms with Crippen molar-refractivity contribution in [3.63, 3.8) is 0 Å². The number of aromatic nitrogens is 2. The molecule has 0 aliphatic rings. The van der Waals surface area contributed by atoms with Gasteiger partial charge in [0, 0.05) is 43.7 Å². The molecule has 3 heterocycles. The zero-order chi connectivity index (χ0) is 31.1. The van der Waals surface area contributed by atoms with Gasteiger partial charge in [0.1, 0.15) is 5.58 Å². The van der Waals surface area contributed by atoms with Crippen LogP contribution in [0.4, 0.5) is 0 Å². The maximum absolute atomic E-state index is 10.2. The maximum atomic E-state index is 10.2. The molecule has 4 heteroatoms. The number of rotatable bonds is 3. The van der Waals surface area contributed by atoms with Gasteiger partial charge in [0.15, 0.2) is 5.58 Å². The lowest BCUT2D eigenvalue weighted by Gasteiger charge is -2.16. The molecular formula is C43H25N3O. The van der Waals surface area contributed by atoms with Crippen LogP contribution in [0.5, 0.6) is 0 Å². The van der Waals surface area contributed by atoms with E-state index in [-0.39, 0.29) is 0 Å². The molecule has 0 unspecified atom stereocenters. The quantitative estimate of drug-likeness (QED) is 0.203. The van der Waals surface area contributed by atoms with Gasteiger partial charge in [-0.25, -0.2) is 0 Å². The molecule has 0 amide bonds. The van der Waals surface area contributed by atoms with Crippen molar-refractivity contribution in [1.29, 1.82) is 5.26 Å². The summed E-state index contributed by atoms with van der Waals surface area (Å²) in [5.41, 5.74) is 10.6. The van der Waals surface area contributed by atoms with Crippen LogP contribution in [0.2, 0.25) is 0 Å². The molecule has 0 N–H and O–H groups in total. The van der Waals surface area contributed by atoms with Crippen molar-refractivity contribution in [1.82, 2.24) is 9.13 Å². The van der Waals surface area contributed by atoms with E-state index in [2.05, 4.69) is 130 Å². The van der Waals surface area contributed by atoms with Crippen LogP contribution < -0.4 is 0 Å². The number of nitrogens with zero attached hydrogens (tertiary/aromatic N) is 3. The van der Waals surface area contributed by atoms with Crippen molar-refractivity contribution >= 4 is 65.6 Å². The average molecular weight is 600 g/mol. The minimum Gasteiger partial charge on any atom is -0.454 e. The van der Waals surface area contributed by atoms with Crippen LogP contribution in [0.15, 0.2) is 156 Å². The molecule has 0 atom stereocenters. The van der Waals surface area contributed by atoms with Crippen molar-refractivity contribution in [2.75, 3.05) is 0 Å². The van der Waals surface area contributed by atoms with Crippen LogP contribution in [0.25, 0.3) is 88.1 Å². The summed E-state index contributed by atoms with van der Waals surface area (Å²) >= 11 is 0. The molecule has 0 spiro atoms. The number of fused-ring (bicyclic) bond motifs is 10. The molecule has 47 heavy (non-hydrogen) atoms. The number of furan rings is 1. The third-order valence-corrected chi connectivity index (χ3v) is 9.54. The van der Waals surface area contributed by atoms with E-state index in [4.69, 9.17) is 4.42 Å². The Morgan fingerprint density at radius 3 is 1.70 bits per heavy atom. The molecule has 0 bridgehead atoms. The lowest BCUT2D eigenvalue weighted by molar-refractivity contribution is 0.671. The predicted molar refractivity (Wildman–Crippen MR) is 193 cm³/mol. The second-order valence-electron chi connectivity index (χ2n) is 12.1. The molecule has 0 fully saturated rings. The van der Waals surface area contributed by atoms with E-state index in [1.54, 1.807) is 0 Å². The van der Waals surface area contributed by atoms with Gasteiger partial charge in [-0.1, -0.05) is 97.1 Å². The second-order valence-corrected chi connectivity index (χ2v) is 12.1. The molecule has 3 aromatic heterocycles. The Labute approximate surface area is 269 Å². The number of para-hydroxylation sites is 4. The molecule has 10 aromatic rings. The SMILES string of the molecule is N#Cc1ccccc1-c1cc(-n2c3ccccc3c3ccccc32)cc(-n2c3ccccc3c3ccc4c5ccccc5oc4c32)c1. The van der Waals surface area contributed by atoms with E-state index in [0.29, 0.717) is 5.56 Å². The largest absolute Gasteiger partial charge is 0.454 e. The molecule has 0 aliphatic carbocycles. The van der Waals surface area contributed by atoms with Gasteiger partial charge in [-0.05, 0) is 65.7 Å². The molecule has 7 aromatic carbocycles. The van der Waals surface area contributed by atoms with Gasteiger partial charge in [-0.2, -0.15) is 5.26 Å². The summed E-state index contributed by atoms with van der Waals surface area (Å²) in [6, 6.07) is 55.3. The molecule has 0 saturated carbocycles. The second kappa shape index (κ2) is 9.71. The summed E-state index contributed by atoms with van der Waals surface area (Å²) < 4.78 is 11.3. The van der Waals surface area contributed by atoms with E-state index in [1.807, 2.05) is 36.4 Å². The summed E-state index contributed by atoms with van der Waals surface area (Å²) in [7, 11) is 0. The number of nitriles is 1. The number of hydrogen-bond acceptors (Lipinski definition) is 2. The Bertz CT molecular complexity index is 2880. The standard InChI is InChI=1S/C43H25N3O/c44-26-27-11-1-2-12-31(27)28-23-29(45-38-17-7-3-13-32(38)33-14-4-8-18-39(33)45)25-30(24-28)46-40-19-9-5-15-34(40)36-21-22-37-35-16-6-10-20-41(35)47-43(37)42(36)46/h1-25H. The highest BCUT2D eigenvalue weighted by atomic mass is 16.3. The predicted octanol–water partition coefficient (Wildman–Crippen LogP) is 11.3. The first-order valence-electron chi connectivity index (χ1n) is 15.8. The fraction of sp³-hybridized carbons (Fsp3) is 0. The Balaban J connectivity index is 1.38. The lowest BCUT2D eigenvalue weighted by atomic mass is 9.99. The minimum atomic E-state index is 0.639. The Morgan fingerprint density at radius 1 is 0.468 bits per heavy atom. The fourth-order valence-corrected chi connectivity index (χ4v) is 7.54. The van der Waals surface area contributed by atoms with Crippen LogP contribution >= 0.6 is 0 Å². The van der Waals surface area contributed by atoms with Gasteiger partial charge in [0.25, 0.3) is 0 Å². The van der Waals surface area contributed by atoms with E-state index in [9.17, 15) is 5.26 Å². The molecule has 10 rings (SSSR count). The van der Waals surface area contributed by atoms with Crippen molar-refractivity contribution in [2.45, 2.75) is 0 Å². The first-order valence-corrected chi connectivity index (χ1v) is 15.8. The van der Waals surface area contributed by atoms with E-state index >= 15 is 0 Å². The minimum absolute atomic E-state index is 0.639. The average Bonchev–Trinajstić information content (AvgIpc) is 3.79. The van der Waals surface area contributed by atoms with Crippen LogP contribution in [-0.4, -0.2) is 9.13 Å². The first kappa shape index (κ1) is 25.7. The first-order chi connectivity index (χ1) is 23.3. The summed E-state index contributed by atoms with van der Waals surface area (Å²) in [4.78, 5) is 0. The maximum Gasteiger partial charge on any atom is 0.160 e. The lowest BCUT2D eigenvalue weighted by Crippen LogP contribution is -2.00. The summed E-state index contributed by atoms with van der Waals surface area (Å²) in [5.74, 6) is 0. The molecule has 218 valence electrons. The normalized spacial score (nSPS) is 11.8. The van der Waals surface area contributed by atoms with Crippen LogP contribution in [0.3, 0.4) is 0 Å². The van der Waals surface area contributed by atoms with Gasteiger partial charge in [-0.15, -0.1) is 0 Å². The van der Waals surface area contributed by atoms with E-state index in [1.165, 1.54) is 10.8 Å². The summed E-state index contributed by atoms with van der Waals surface area (Å²) in [5, 5.41) is 17.1. The molecule has 0 radical (unpaired) electrons. The van der Waals surface area contributed by atoms with Gasteiger partial charge in [-0.3, -0.25) is 0 Å². The van der Waals surface area contributed by atoms with Crippen LogP contribution in [0, 0.1) is 11.3 Å². The van der Waals surface area contributed by atoms with E-state index in [0.717, 1.165) is 77.3 Å². The van der Waals surface area contributed by atoms with Gasteiger partial charge < -0.3 is 13.6 Å². The van der Waals surface area contributed by atoms with Crippen molar-refractivity contribution in [3.05, 3.63) is 157 Å². The van der Waals surface area contributed by atoms with Gasteiger partial charge in [0.05, 0.1) is 33.7 Å². The van der Waals surface area contributed by atoms with Crippen LogP contribution in [0.1, 0.15) is 5.56 Å². The third kappa shape index (κ3) is 3.63. The summed E-state index contributed by atoms with van der Waals surface area (Å²) in [6.45, 7) is 0. The molecule has 0 aliphatic heterocycles. The third-order valence-electron chi connectivity index (χ3n) is 9.54. The monoisotopic (exact) mass is 599 g/mol. The van der Waals surface area contributed by atoms with Gasteiger partial charge >= 0.3 is 0 Å². The summed E-state index contributed by atoms with van der Waals surface area (Å²) in [6.07, 6.45) is 0. The topological polar surface area (TPSA) is 46.8 Å².